The molecule has 2 nitrogen and oxygen atoms in total. The fourth-order valence-corrected chi connectivity index (χ4v) is 6.31. The molecule has 1 aromatic rings. The standard InChI is InChI=1S/C22H28O2/c1-5-22(23)11-9-19-17-7-6-15-13-16(24-4)12-14(2)20(15)18(17)8-10-21(19,22)3/h1,12-13,17-19,23H,6-11H2,2-4H3/t17?,18?,19?,21-,22-/m0/s1. The lowest BCUT2D eigenvalue weighted by molar-refractivity contribution is -0.0647. The minimum Gasteiger partial charge on any atom is -0.497 e. The third-order valence-electron chi connectivity index (χ3n) is 7.63. The Morgan fingerprint density at radius 2 is 2.04 bits per heavy atom. The second kappa shape index (κ2) is 5.27. The van der Waals surface area contributed by atoms with Crippen LogP contribution in [0, 0.1) is 36.5 Å². The highest BCUT2D eigenvalue weighted by Crippen LogP contribution is 2.64. The first-order valence-corrected chi connectivity index (χ1v) is 9.31. The van der Waals surface area contributed by atoms with Crippen molar-refractivity contribution in [2.24, 2.45) is 17.3 Å². The molecule has 24 heavy (non-hydrogen) atoms. The number of methoxy groups -OCH3 is 1. The average Bonchev–Trinajstić information content (AvgIpc) is 2.86. The second-order valence-electron chi connectivity index (χ2n) is 8.43. The molecule has 1 N–H and O–H groups in total. The second-order valence-corrected chi connectivity index (χ2v) is 8.43. The number of benzene rings is 1. The minimum atomic E-state index is -0.905. The van der Waals surface area contributed by atoms with Gasteiger partial charge in [0.2, 0.25) is 0 Å². The predicted molar refractivity (Wildman–Crippen MR) is 96.1 cm³/mol. The van der Waals surface area contributed by atoms with E-state index < -0.39 is 5.60 Å². The van der Waals surface area contributed by atoms with Gasteiger partial charge in [-0.3, -0.25) is 0 Å². The van der Waals surface area contributed by atoms with E-state index in [-0.39, 0.29) is 5.41 Å². The normalized spacial score (nSPS) is 40.2. The number of rotatable bonds is 1. The Morgan fingerprint density at radius 1 is 1.25 bits per heavy atom. The number of ether oxygens (including phenoxy) is 1. The van der Waals surface area contributed by atoms with Gasteiger partial charge < -0.3 is 9.84 Å². The van der Waals surface area contributed by atoms with E-state index in [0.717, 1.165) is 37.9 Å². The predicted octanol–water partition coefficient (Wildman–Crippen LogP) is 4.22. The van der Waals surface area contributed by atoms with Crippen molar-refractivity contribution in [2.45, 2.75) is 63.9 Å². The van der Waals surface area contributed by atoms with Gasteiger partial charge in [0, 0.05) is 5.41 Å². The SMILES string of the molecule is C#C[C@]1(O)CCC2C3CCc4cc(OC)cc(C)c4C3CC[C@@]21C. The van der Waals surface area contributed by atoms with Crippen LogP contribution >= 0.6 is 0 Å². The van der Waals surface area contributed by atoms with E-state index in [1.54, 1.807) is 12.7 Å². The van der Waals surface area contributed by atoms with Gasteiger partial charge in [-0.2, -0.15) is 0 Å². The molecule has 0 heterocycles. The van der Waals surface area contributed by atoms with Crippen LogP contribution in [-0.2, 0) is 6.42 Å². The molecule has 3 unspecified atom stereocenters. The summed E-state index contributed by atoms with van der Waals surface area (Å²) in [5, 5.41) is 11.0. The molecular weight excluding hydrogens is 296 g/mol. The molecule has 2 saturated carbocycles. The van der Waals surface area contributed by atoms with Crippen molar-refractivity contribution in [3.8, 4) is 18.1 Å². The van der Waals surface area contributed by atoms with Gasteiger partial charge in [-0.1, -0.05) is 12.8 Å². The van der Waals surface area contributed by atoms with E-state index in [4.69, 9.17) is 11.2 Å². The molecule has 0 radical (unpaired) electrons. The monoisotopic (exact) mass is 324 g/mol. The highest BCUT2D eigenvalue weighted by atomic mass is 16.5. The summed E-state index contributed by atoms with van der Waals surface area (Å²) in [5.41, 5.74) is 3.39. The van der Waals surface area contributed by atoms with Gasteiger partial charge in [0.1, 0.15) is 11.4 Å². The number of aliphatic hydroxyl groups is 1. The maximum Gasteiger partial charge on any atom is 0.130 e. The Kier molecular flexibility index (Phi) is 3.52. The summed E-state index contributed by atoms with van der Waals surface area (Å²) in [5.74, 6) is 5.57. The third-order valence-corrected chi connectivity index (χ3v) is 7.63. The smallest absolute Gasteiger partial charge is 0.130 e. The Morgan fingerprint density at radius 3 is 2.75 bits per heavy atom. The van der Waals surface area contributed by atoms with Gasteiger partial charge in [0.15, 0.2) is 0 Å². The zero-order chi connectivity index (χ0) is 17.1. The first-order valence-electron chi connectivity index (χ1n) is 9.31. The highest BCUT2D eigenvalue weighted by molar-refractivity contribution is 5.46. The molecule has 0 bridgehead atoms. The van der Waals surface area contributed by atoms with Crippen LogP contribution in [0.25, 0.3) is 0 Å². The largest absolute Gasteiger partial charge is 0.497 e. The van der Waals surface area contributed by atoms with Gasteiger partial charge >= 0.3 is 0 Å². The Balaban J connectivity index is 1.74. The molecule has 3 aliphatic carbocycles. The Hall–Kier alpha value is -1.46. The summed E-state index contributed by atoms with van der Waals surface area (Å²) in [4.78, 5) is 0. The van der Waals surface area contributed by atoms with Gasteiger partial charge in [-0.15, -0.1) is 6.42 Å². The first kappa shape index (κ1) is 16.0. The Labute approximate surface area is 145 Å². The van der Waals surface area contributed by atoms with Crippen LogP contribution in [0.5, 0.6) is 5.75 Å². The zero-order valence-electron chi connectivity index (χ0n) is 15.1. The summed E-state index contributed by atoms with van der Waals surface area (Å²) >= 11 is 0. The number of aryl methyl sites for hydroxylation is 2. The lowest BCUT2D eigenvalue weighted by atomic mass is 9.53. The van der Waals surface area contributed by atoms with Crippen LogP contribution < -0.4 is 4.74 Å². The molecule has 0 amide bonds. The van der Waals surface area contributed by atoms with Crippen molar-refractivity contribution in [3.63, 3.8) is 0 Å². The van der Waals surface area contributed by atoms with Gasteiger partial charge in [-0.05, 0) is 92.0 Å². The number of hydrogen-bond donors (Lipinski definition) is 1. The summed E-state index contributed by atoms with van der Waals surface area (Å²) in [6, 6.07) is 4.42. The quantitative estimate of drug-likeness (QED) is 0.784. The molecule has 0 saturated heterocycles. The van der Waals surface area contributed by atoms with Gasteiger partial charge in [-0.25, -0.2) is 0 Å². The van der Waals surface area contributed by atoms with E-state index in [1.165, 1.54) is 17.5 Å². The molecule has 0 aliphatic heterocycles. The molecule has 0 spiro atoms. The highest BCUT2D eigenvalue weighted by Gasteiger charge is 2.61. The molecule has 3 aliphatic rings. The lowest BCUT2D eigenvalue weighted by Gasteiger charge is -2.52. The van der Waals surface area contributed by atoms with E-state index in [2.05, 4.69) is 31.9 Å². The molecule has 2 heteroatoms. The molecule has 5 atom stereocenters. The van der Waals surface area contributed by atoms with Crippen LogP contribution in [0.3, 0.4) is 0 Å². The third kappa shape index (κ3) is 1.94. The van der Waals surface area contributed by atoms with Gasteiger partial charge in [0.25, 0.3) is 0 Å². The number of fused-ring (bicyclic) bond motifs is 5. The fourth-order valence-electron chi connectivity index (χ4n) is 6.31. The number of terminal acetylenes is 1. The number of hydrogen-bond acceptors (Lipinski definition) is 2. The summed E-state index contributed by atoms with van der Waals surface area (Å²) in [7, 11) is 1.75. The minimum absolute atomic E-state index is 0.110. The van der Waals surface area contributed by atoms with Gasteiger partial charge in [0.05, 0.1) is 7.11 Å². The van der Waals surface area contributed by atoms with Crippen molar-refractivity contribution < 1.29 is 9.84 Å². The van der Waals surface area contributed by atoms with Crippen LogP contribution in [0.4, 0.5) is 0 Å². The summed E-state index contributed by atoms with van der Waals surface area (Å²) < 4.78 is 5.47. The molecule has 2 fully saturated rings. The lowest BCUT2D eigenvalue weighted by Crippen LogP contribution is -2.50. The average molecular weight is 324 g/mol. The molecular formula is C22H28O2. The van der Waals surface area contributed by atoms with E-state index >= 15 is 0 Å². The first-order chi connectivity index (χ1) is 11.4. The molecule has 0 aromatic heterocycles. The fraction of sp³-hybridized carbons (Fsp3) is 0.636. The summed E-state index contributed by atoms with van der Waals surface area (Å²) in [6.45, 7) is 4.47. The van der Waals surface area contributed by atoms with E-state index in [1.807, 2.05) is 0 Å². The van der Waals surface area contributed by atoms with Crippen molar-refractivity contribution in [3.05, 3.63) is 28.8 Å². The Bertz CT molecular complexity index is 715. The van der Waals surface area contributed by atoms with Crippen LogP contribution in [0.2, 0.25) is 0 Å². The topological polar surface area (TPSA) is 29.5 Å². The molecule has 128 valence electrons. The van der Waals surface area contributed by atoms with Crippen molar-refractivity contribution in [2.75, 3.05) is 7.11 Å². The van der Waals surface area contributed by atoms with Crippen LogP contribution in [0.15, 0.2) is 12.1 Å². The van der Waals surface area contributed by atoms with E-state index in [0.29, 0.717) is 17.8 Å². The van der Waals surface area contributed by atoms with E-state index in [9.17, 15) is 5.11 Å². The van der Waals surface area contributed by atoms with Crippen LogP contribution in [0.1, 0.15) is 61.6 Å². The zero-order valence-corrected chi connectivity index (χ0v) is 15.1. The van der Waals surface area contributed by atoms with Crippen molar-refractivity contribution >= 4 is 0 Å². The summed E-state index contributed by atoms with van der Waals surface area (Å²) in [6.07, 6.45) is 12.1. The molecule has 1 aromatic carbocycles. The maximum atomic E-state index is 11.0. The van der Waals surface area contributed by atoms with Crippen molar-refractivity contribution in [1.29, 1.82) is 0 Å². The van der Waals surface area contributed by atoms with Crippen molar-refractivity contribution in [1.82, 2.24) is 0 Å². The molecule has 4 rings (SSSR count). The van der Waals surface area contributed by atoms with Crippen LogP contribution in [-0.4, -0.2) is 17.8 Å². The maximum absolute atomic E-state index is 11.0.